The van der Waals surface area contributed by atoms with Gasteiger partial charge in [0.25, 0.3) is 0 Å². The van der Waals surface area contributed by atoms with Crippen molar-refractivity contribution in [2.75, 3.05) is 12.8 Å². The van der Waals surface area contributed by atoms with Gasteiger partial charge in [0.2, 0.25) is 5.88 Å². The van der Waals surface area contributed by atoms with Crippen LogP contribution in [0.3, 0.4) is 0 Å². The Kier molecular flexibility index (Phi) is 4.18. The van der Waals surface area contributed by atoms with Gasteiger partial charge < -0.3 is 10.5 Å². The number of hydrogen-bond acceptors (Lipinski definition) is 5. The van der Waals surface area contributed by atoms with Crippen molar-refractivity contribution < 1.29 is 4.74 Å². The van der Waals surface area contributed by atoms with Crippen LogP contribution >= 0.6 is 22.6 Å². The lowest BCUT2D eigenvalue weighted by molar-refractivity contribution is 0.398. The van der Waals surface area contributed by atoms with Crippen LogP contribution in [0.1, 0.15) is 25.5 Å². The largest absolute Gasteiger partial charge is 0.481 e. The van der Waals surface area contributed by atoms with E-state index in [1.807, 2.05) is 6.07 Å². The van der Waals surface area contributed by atoms with Gasteiger partial charge in [-0.2, -0.15) is 0 Å². The summed E-state index contributed by atoms with van der Waals surface area (Å²) in [6.45, 7) is 4.17. The number of hydrogen-bond donors (Lipinski definition) is 1. The van der Waals surface area contributed by atoms with Crippen LogP contribution in [0.15, 0.2) is 18.3 Å². The second-order valence-corrected chi connectivity index (χ2v) is 5.45. The van der Waals surface area contributed by atoms with Gasteiger partial charge in [0.15, 0.2) is 5.82 Å². The Morgan fingerprint density at radius 3 is 2.53 bits per heavy atom. The molecule has 0 unspecified atom stereocenters. The van der Waals surface area contributed by atoms with E-state index >= 15 is 0 Å². The number of aromatic nitrogens is 3. The van der Waals surface area contributed by atoms with Crippen molar-refractivity contribution >= 4 is 28.4 Å². The summed E-state index contributed by atoms with van der Waals surface area (Å²) < 4.78 is 5.95. The van der Waals surface area contributed by atoms with Crippen LogP contribution in [0.5, 0.6) is 5.88 Å². The SMILES string of the molecule is COc1ccc(-c2nc(N)c(I)c(C(C)C)n2)cn1. The molecule has 100 valence electrons. The predicted molar refractivity (Wildman–Crippen MR) is 83.0 cm³/mol. The van der Waals surface area contributed by atoms with E-state index in [0.29, 0.717) is 23.4 Å². The van der Waals surface area contributed by atoms with E-state index in [1.165, 1.54) is 0 Å². The fraction of sp³-hybridized carbons (Fsp3) is 0.308. The normalized spacial score (nSPS) is 10.8. The minimum atomic E-state index is 0.294. The van der Waals surface area contributed by atoms with Crippen molar-refractivity contribution in [1.29, 1.82) is 0 Å². The molecule has 0 radical (unpaired) electrons. The van der Waals surface area contributed by atoms with Gasteiger partial charge in [-0.15, -0.1) is 0 Å². The zero-order valence-corrected chi connectivity index (χ0v) is 13.2. The molecule has 0 aliphatic carbocycles. The molecular formula is C13H15IN4O. The molecule has 0 amide bonds. The number of rotatable bonds is 3. The van der Waals surface area contributed by atoms with E-state index in [2.05, 4.69) is 51.4 Å². The van der Waals surface area contributed by atoms with Crippen LogP contribution in [0.4, 0.5) is 5.82 Å². The molecule has 0 fully saturated rings. The van der Waals surface area contributed by atoms with E-state index in [0.717, 1.165) is 14.8 Å². The first-order valence-corrected chi connectivity index (χ1v) is 6.94. The molecule has 0 aliphatic heterocycles. The Hall–Kier alpha value is -1.44. The minimum absolute atomic E-state index is 0.294. The summed E-state index contributed by atoms with van der Waals surface area (Å²) in [5, 5.41) is 0. The summed E-state index contributed by atoms with van der Waals surface area (Å²) in [6.07, 6.45) is 1.69. The lowest BCUT2D eigenvalue weighted by Crippen LogP contribution is -2.06. The molecule has 2 rings (SSSR count). The molecule has 0 aromatic carbocycles. The smallest absolute Gasteiger partial charge is 0.212 e. The number of halogens is 1. The van der Waals surface area contributed by atoms with Crippen LogP contribution in [-0.2, 0) is 0 Å². The van der Waals surface area contributed by atoms with Gasteiger partial charge in [0.05, 0.1) is 16.4 Å². The Labute approximate surface area is 125 Å². The molecule has 2 N–H and O–H groups in total. The quantitative estimate of drug-likeness (QED) is 0.842. The molecule has 6 heteroatoms. The monoisotopic (exact) mass is 370 g/mol. The number of pyridine rings is 1. The van der Waals surface area contributed by atoms with Gasteiger partial charge in [-0.1, -0.05) is 13.8 Å². The summed E-state index contributed by atoms with van der Waals surface area (Å²) >= 11 is 2.18. The number of ether oxygens (including phenoxy) is 1. The van der Waals surface area contributed by atoms with Gasteiger partial charge >= 0.3 is 0 Å². The molecule has 0 saturated heterocycles. The van der Waals surface area contributed by atoms with Gasteiger partial charge in [0, 0.05) is 17.8 Å². The molecule has 0 saturated carbocycles. The fourth-order valence-electron chi connectivity index (χ4n) is 1.63. The number of nitrogen functional groups attached to an aromatic ring is 1. The molecule has 2 aromatic heterocycles. The lowest BCUT2D eigenvalue weighted by atomic mass is 10.1. The van der Waals surface area contributed by atoms with E-state index in [1.54, 1.807) is 19.4 Å². The summed E-state index contributed by atoms with van der Waals surface area (Å²) in [5.41, 5.74) is 7.73. The molecular weight excluding hydrogens is 355 g/mol. The van der Waals surface area contributed by atoms with Crippen LogP contribution < -0.4 is 10.5 Å². The third kappa shape index (κ3) is 2.94. The zero-order chi connectivity index (χ0) is 14.0. The maximum absolute atomic E-state index is 5.95. The summed E-state index contributed by atoms with van der Waals surface area (Å²) in [6, 6.07) is 3.65. The Morgan fingerprint density at radius 1 is 1.26 bits per heavy atom. The molecule has 2 heterocycles. The van der Waals surface area contributed by atoms with Gasteiger partial charge in [-0.3, -0.25) is 0 Å². The third-order valence-corrected chi connectivity index (χ3v) is 3.76. The van der Waals surface area contributed by atoms with E-state index in [9.17, 15) is 0 Å². The number of anilines is 1. The van der Waals surface area contributed by atoms with Gasteiger partial charge in [0.1, 0.15) is 5.82 Å². The van der Waals surface area contributed by atoms with Crippen LogP contribution in [-0.4, -0.2) is 22.1 Å². The molecule has 0 bridgehead atoms. The average molecular weight is 370 g/mol. The Morgan fingerprint density at radius 2 is 2.00 bits per heavy atom. The minimum Gasteiger partial charge on any atom is -0.481 e. The maximum Gasteiger partial charge on any atom is 0.212 e. The predicted octanol–water partition coefficient (Wildman–Crippen LogP) is 2.86. The topological polar surface area (TPSA) is 73.9 Å². The summed E-state index contributed by atoms with van der Waals surface area (Å²) in [4.78, 5) is 13.1. The highest BCUT2D eigenvalue weighted by Crippen LogP contribution is 2.26. The number of nitrogens with zero attached hydrogens (tertiary/aromatic N) is 3. The lowest BCUT2D eigenvalue weighted by Gasteiger charge is -2.11. The second kappa shape index (κ2) is 5.68. The van der Waals surface area contributed by atoms with Gasteiger partial charge in [-0.25, -0.2) is 15.0 Å². The zero-order valence-electron chi connectivity index (χ0n) is 11.0. The molecule has 0 atom stereocenters. The second-order valence-electron chi connectivity index (χ2n) is 4.38. The maximum atomic E-state index is 5.95. The molecule has 2 aromatic rings. The van der Waals surface area contributed by atoms with E-state index in [-0.39, 0.29) is 0 Å². The standard InChI is InChI=1S/C13H15IN4O/c1-7(2)11-10(14)12(15)18-13(17-11)8-4-5-9(19-3)16-6-8/h4-7H,1-3H3,(H2,15,17,18). The van der Waals surface area contributed by atoms with Crippen LogP contribution in [0.2, 0.25) is 0 Å². The summed E-state index contributed by atoms with van der Waals surface area (Å²) in [7, 11) is 1.58. The molecule has 0 spiro atoms. The van der Waals surface area contributed by atoms with Crippen molar-refractivity contribution in [1.82, 2.24) is 15.0 Å². The first kappa shape index (κ1) is 14.0. The number of methoxy groups -OCH3 is 1. The molecule has 19 heavy (non-hydrogen) atoms. The Balaban J connectivity index is 2.49. The molecule has 5 nitrogen and oxygen atoms in total. The highest BCUT2D eigenvalue weighted by atomic mass is 127. The van der Waals surface area contributed by atoms with Crippen molar-refractivity contribution in [3.63, 3.8) is 0 Å². The fourth-order valence-corrected chi connectivity index (χ4v) is 2.49. The van der Waals surface area contributed by atoms with Crippen molar-refractivity contribution in [2.24, 2.45) is 0 Å². The highest BCUT2D eigenvalue weighted by Gasteiger charge is 2.14. The van der Waals surface area contributed by atoms with E-state index < -0.39 is 0 Å². The first-order chi connectivity index (χ1) is 9.02. The first-order valence-electron chi connectivity index (χ1n) is 5.86. The third-order valence-electron chi connectivity index (χ3n) is 2.65. The average Bonchev–Trinajstić information content (AvgIpc) is 2.41. The number of nitrogens with two attached hydrogens (primary N) is 1. The van der Waals surface area contributed by atoms with Crippen molar-refractivity contribution in [3.05, 3.63) is 27.6 Å². The Bertz CT molecular complexity index is 584. The van der Waals surface area contributed by atoms with E-state index in [4.69, 9.17) is 10.5 Å². The van der Waals surface area contributed by atoms with Crippen molar-refractivity contribution in [3.8, 4) is 17.3 Å². The van der Waals surface area contributed by atoms with Crippen LogP contribution in [0, 0.1) is 3.57 Å². The van der Waals surface area contributed by atoms with Crippen molar-refractivity contribution in [2.45, 2.75) is 19.8 Å². The van der Waals surface area contributed by atoms with Crippen LogP contribution in [0.25, 0.3) is 11.4 Å². The molecule has 0 aliphatic rings. The van der Waals surface area contributed by atoms with Gasteiger partial charge in [-0.05, 0) is 34.6 Å². The highest BCUT2D eigenvalue weighted by molar-refractivity contribution is 14.1. The summed E-state index contributed by atoms with van der Waals surface area (Å²) in [5.74, 6) is 1.95.